The fourth-order valence-electron chi connectivity index (χ4n) is 4.25. The van der Waals surface area contributed by atoms with E-state index in [2.05, 4.69) is 37.7 Å². The van der Waals surface area contributed by atoms with Crippen molar-refractivity contribution in [3.8, 4) is 11.5 Å². The lowest BCUT2D eigenvalue weighted by atomic mass is 10.0. The van der Waals surface area contributed by atoms with E-state index in [-0.39, 0.29) is 5.78 Å². The number of nitrogens with one attached hydrogen (secondary N) is 2. The Kier molecular flexibility index (Phi) is 6.44. The highest BCUT2D eigenvalue weighted by molar-refractivity contribution is 6.41. The maximum atomic E-state index is 13.3. The highest BCUT2D eigenvalue weighted by Gasteiger charge is 2.39. The molecule has 0 saturated heterocycles. The summed E-state index contributed by atoms with van der Waals surface area (Å²) in [6, 6.07) is 7.41. The molecule has 6 nitrogen and oxygen atoms in total. The summed E-state index contributed by atoms with van der Waals surface area (Å²) in [5.74, 6) is 1.50. The van der Waals surface area contributed by atoms with Crippen molar-refractivity contribution in [1.29, 1.82) is 0 Å². The van der Waals surface area contributed by atoms with Gasteiger partial charge in [0.15, 0.2) is 0 Å². The number of hydrogen-bond acceptors (Lipinski definition) is 4. The number of allylic oxidation sites excluding steroid dienone is 1. The Balaban J connectivity index is 1.70. The highest BCUT2D eigenvalue weighted by Crippen LogP contribution is 2.35. The molecule has 1 aromatic carbocycles. The summed E-state index contributed by atoms with van der Waals surface area (Å²) in [4.78, 5) is 19.8. The average Bonchev–Trinajstić information content (AvgIpc) is 3.52. The molecule has 0 amide bonds. The molecule has 4 rings (SSSR count). The molecular weight excluding hydrogens is 403 g/mol. The van der Waals surface area contributed by atoms with Crippen LogP contribution in [0.5, 0.6) is 11.5 Å². The molecule has 3 heterocycles. The van der Waals surface area contributed by atoms with Crippen molar-refractivity contribution in [1.82, 2.24) is 9.97 Å². The molecule has 0 fully saturated rings. The van der Waals surface area contributed by atoms with Gasteiger partial charge in [-0.1, -0.05) is 39.8 Å². The highest BCUT2D eigenvalue weighted by atomic mass is 16.8. The van der Waals surface area contributed by atoms with Gasteiger partial charge < -0.3 is 23.9 Å². The van der Waals surface area contributed by atoms with Gasteiger partial charge in [0.05, 0.1) is 11.4 Å². The minimum atomic E-state index is -0.968. The first-order valence-corrected chi connectivity index (χ1v) is 11.3. The third-order valence-corrected chi connectivity index (χ3v) is 5.90. The maximum Gasteiger partial charge on any atom is 0.864 e. The molecule has 2 aromatic heterocycles. The zero-order valence-corrected chi connectivity index (χ0v) is 19.1. The summed E-state index contributed by atoms with van der Waals surface area (Å²) in [5.41, 5.74) is 5.91. The van der Waals surface area contributed by atoms with Crippen molar-refractivity contribution in [3.63, 3.8) is 0 Å². The molecule has 166 valence electrons. The Hall–Kier alpha value is -3.35. The van der Waals surface area contributed by atoms with Crippen LogP contribution in [0.3, 0.4) is 0 Å². The molecule has 0 radical (unpaired) electrons. The summed E-state index contributed by atoms with van der Waals surface area (Å²) >= 11 is 0. The SMILES string of the molecule is CCc1c[nH]c(C(=O)/C=C(\OB2Oc3ccccc3O2)c2[nH]cc(CC)c2CC)c1CC. The van der Waals surface area contributed by atoms with Crippen LogP contribution in [0.1, 0.15) is 66.1 Å². The molecule has 0 unspecified atom stereocenters. The lowest BCUT2D eigenvalue weighted by Gasteiger charge is -2.13. The Morgan fingerprint density at radius 3 is 1.94 bits per heavy atom. The summed E-state index contributed by atoms with van der Waals surface area (Å²) < 4.78 is 17.7. The van der Waals surface area contributed by atoms with E-state index in [4.69, 9.17) is 14.0 Å². The number of aryl methyl sites for hydroxylation is 2. The second-order valence-electron chi connectivity index (χ2n) is 7.71. The first-order valence-electron chi connectivity index (χ1n) is 11.3. The van der Waals surface area contributed by atoms with Crippen molar-refractivity contribution in [2.24, 2.45) is 0 Å². The van der Waals surface area contributed by atoms with Crippen molar-refractivity contribution in [2.45, 2.75) is 53.4 Å². The molecule has 0 spiro atoms. The number of carbonyl (C=O) groups excluding carboxylic acids is 1. The number of benzene rings is 1. The molecule has 0 aliphatic carbocycles. The number of rotatable bonds is 9. The topological polar surface area (TPSA) is 76.3 Å². The number of para-hydroxylation sites is 2. The lowest BCUT2D eigenvalue weighted by Crippen LogP contribution is -2.28. The first-order chi connectivity index (χ1) is 15.6. The van der Waals surface area contributed by atoms with Crippen LogP contribution in [0.4, 0.5) is 0 Å². The smallest absolute Gasteiger partial charge is 0.488 e. The van der Waals surface area contributed by atoms with Gasteiger partial charge in [-0.3, -0.25) is 4.79 Å². The maximum absolute atomic E-state index is 13.3. The van der Waals surface area contributed by atoms with E-state index in [1.807, 2.05) is 36.7 Å². The van der Waals surface area contributed by atoms with Crippen LogP contribution < -0.4 is 9.31 Å². The van der Waals surface area contributed by atoms with Gasteiger partial charge in [0.2, 0.25) is 5.78 Å². The zero-order valence-electron chi connectivity index (χ0n) is 19.1. The molecular formula is C25H29BN2O4. The molecule has 1 aliphatic rings. The molecule has 3 aromatic rings. The fourth-order valence-corrected chi connectivity index (χ4v) is 4.25. The summed E-state index contributed by atoms with van der Waals surface area (Å²) in [6.45, 7) is 8.36. The number of aromatic amines is 2. The van der Waals surface area contributed by atoms with E-state index >= 15 is 0 Å². The third-order valence-electron chi connectivity index (χ3n) is 5.90. The van der Waals surface area contributed by atoms with Crippen LogP contribution in [-0.4, -0.2) is 23.1 Å². The fraction of sp³-hybridized carbons (Fsp3) is 0.320. The van der Waals surface area contributed by atoms with E-state index in [9.17, 15) is 4.79 Å². The van der Waals surface area contributed by atoms with Crippen LogP contribution in [0, 0.1) is 0 Å². The molecule has 7 heteroatoms. The van der Waals surface area contributed by atoms with Gasteiger partial charge in [0.1, 0.15) is 17.3 Å². The van der Waals surface area contributed by atoms with E-state index in [1.165, 1.54) is 11.6 Å². The lowest BCUT2D eigenvalue weighted by molar-refractivity contribution is 0.104. The summed E-state index contributed by atoms with van der Waals surface area (Å²) in [7, 11) is -0.968. The standard InChI is InChI=1S/C25H29BN2O4/c1-5-16-14-27-24(18(16)7-3)20(29)13-23(25-19(8-4)17(6-2)15-28-25)32-26-30-21-11-9-10-12-22(21)31-26/h9-15,27-28H,5-8H2,1-4H3/b23-13-. The van der Waals surface area contributed by atoms with Crippen molar-refractivity contribution < 1.29 is 18.8 Å². The van der Waals surface area contributed by atoms with Crippen molar-refractivity contribution in [3.05, 3.63) is 76.4 Å². The minimum Gasteiger partial charge on any atom is -0.488 e. The van der Waals surface area contributed by atoms with Crippen molar-refractivity contribution >= 4 is 18.9 Å². The minimum absolute atomic E-state index is 0.137. The van der Waals surface area contributed by atoms with Gasteiger partial charge in [-0.05, 0) is 60.1 Å². The zero-order chi connectivity index (χ0) is 22.7. The monoisotopic (exact) mass is 432 g/mol. The van der Waals surface area contributed by atoms with Gasteiger partial charge in [-0.25, -0.2) is 0 Å². The van der Waals surface area contributed by atoms with E-state index in [0.29, 0.717) is 23.0 Å². The number of H-pyrrole nitrogens is 2. The first kappa shape index (κ1) is 21.9. The summed E-state index contributed by atoms with van der Waals surface area (Å²) in [5, 5.41) is 0. The largest absolute Gasteiger partial charge is 0.864 e. The van der Waals surface area contributed by atoms with Gasteiger partial charge in [0.25, 0.3) is 0 Å². The predicted molar refractivity (Wildman–Crippen MR) is 126 cm³/mol. The molecule has 2 N–H and O–H groups in total. The Bertz CT molecular complexity index is 1120. The normalized spacial score (nSPS) is 13.0. The number of ketones is 1. The Morgan fingerprint density at radius 1 is 0.875 bits per heavy atom. The third kappa shape index (κ3) is 4.07. The number of hydrogen-bond donors (Lipinski definition) is 2. The molecule has 0 saturated carbocycles. The van der Waals surface area contributed by atoms with E-state index in [0.717, 1.165) is 48.1 Å². The van der Waals surface area contributed by atoms with Gasteiger partial charge in [-0.15, -0.1) is 0 Å². The van der Waals surface area contributed by atoms with Crippen LogP contribution in [-0.2, 0) is 30.3 Å². The van der Waals surface area contributed by atoms with E-state index in [1.54, 1.807) is 0 Å². The quantitative estimate of drug-likeness (QED) is 0.209. The van der Waals surface area contributed by atoms with Crippen LogP contribution >= 0.6 is 0 Å². The number of aromatic nitrogens is 2. The van der Waals surface area contributed by atoms with Crippen molar-refractivity contribution in [2.75, 3.05) is 0 Å². The Labute approximate surface area is 189 Å². The second kappa shape index (κ2) is 9.43. The second-order valence-corrected chi connectivity index (χ2v) is 7.71. The molecule has 1 aliphatic heterocycles. The molecule has 32 heavy (non-hydrogen) atoms. The molecule has 0 atom stereocenters. The van der Waals surface area contributed by atoms with Gasteiger partial charge >= 0.3 is 7.32 Å². The van der Waals surface area contributed by atoms with E-state index < -0.39 is 7.32 Å². The van der Waals surface area contributed by atoms with Gasteiger partial charge in [0, 0.05) is 18.5 Å². The predicted octanol–water partition coefficient (Wildman–Crippen LogP) is 5.29. The van der Waals surface area contributed by atoms with Crippen LogP contribution in [0.15, 0.2) is 42.7 Å². The Morgan fingerprint density at radius 2 is 1.41 bits per heavy atom. The number of fused-ring (bicyclic) bond motifs is 1. The average molecular weight is 432 g/mol. The number of carbonyl (C=O) groups is 1. The molecule has 0 bridgehead atoms. The van der Waals surface area contributed by atoms with Gasteiger partial charge in [-0.2, -0.15) is 0 Å². The summed E-state index contributed by atoms with van der Waals surface area (Å²) in [6.07, 6.45) is 8.78. The van der Waals surface area contributed by atoms with Crippen LogP contribution in [0.25, 0.3) is 5.76 Å². The van der Waals surface area contributed by atoms with Crippen LogP contribution in [0.2, 0.25) is 0 Å².